The minimum Gasteiger partial charge on any atom is -0.494 e. The van der Waals surface area contributed by atoms with E-state index in [1.807, 2.05) is 13.8 Å². The van der Waals surface area contributed by atoms with Crippen molar-refractivity contribution in [1.82, 2.24) is 10.6 Å². The summed E-state index contributed by atoms with van der Waals surface area (Å²) in [5.41, 5.74) is 0.773. The van der Waals surface area contributed by atoms with E-state index in [4.69, 9.17) is 18.9 Å². The zero-order chi connectivity index (χ0) is 33.2. The molecule has 4 rings (SSSR count). The average Bonchev–Trinajstić information content (AvgIpc) is 3.48. The molecule has 244 valence electrons. The summed E-state index contributed by atoms with van der Waals surface area (Å²) < 4.78 is 35.5. The van der Waals surface area contributed by atoms with Crippen LogP contribution in [0, 0.1) is 11.7 Å². The lowest BCUT2D eigenvalue weighted by Gasteiger charge is -2.24. The Morgan fingerprint density at radius 3 is 2.39 bits per heavy atom. The minimum atomic E-state index is -1.12. The number of nitrogens with one attached hydrogen (secondary N) is 4. The number of anilines is 2. The second-order valence-electron chi connectivity index (χ2n) is 10.7. The van der Waals surface area contributed by atoms with E-state index in [0.717, 1.165) is 0 Å². The van der Waals surface area contributed by atoms with E-state index in [9.17, 15) is 28.7 Å². The first kappa shape index (κ1) is 33.4. The van der Waals surface area contributed by atoms with Gasteiger partial charge < -0.3 is 45.3 Å². The highest BCUT2D eigenvalue weighted by atomic mass is 19.1. The van der Waals surface area contributed by atoms with Crippen LogP contribution in [0.1, 0.15) is 38.3 Å². The Morgan fingerprint density at radius 2 is 1.67 bits per heavy atom. The quantitative estimate of drug-likeness (QED) is 0.171. The summed E-state index contributed by atoms with van der Waals surface area (Å²) >= 11 is 0. The fourth-order valence-electron chi connectivity index (χ4n) is 4.62. The Bertz CT molecular complexity index is 1580. The maximum absolute atomic E-state index is 13.9. The van der Waals surface area contributed by atoms with Crippen LogP contribution in [-0.4, -0.2) is 55.5 Å². The summed E-state index contributed by atoms with van der Waals surface area (Å²) in [4.78, 5) is 50.2. The maximum atomic E-state index is 13.9. The van der Waals surface area contributed by atoms with Gasteiger partial charge in [-0.25, -0.2) is 9.18 Å². The van der Waals surface area contributed by atoms with Crippen LogP contribution in [0.2, 0.25) is 0 Å². The highest BCUT2D eigenvalue weighted by Crippen LogP contribution is 2.35. The number of carboxylic acid groups (broad SMARTS) is 1. The number of hydrogen-bond acceptors (Lipinski definition) is 8. The van der Waals surface area contributed by atoms with Crippen LogP contribution in [0.15, 0.2) is 60.7 Å². The topological polar surface area (TPSA) is 174 Å². The lowest BCUT2D eigenvalue weighted by atomic mass is 10.00. The SMILES string of the molecule is COc1cc(OCC(=O)NC(CC(C)C)C(=O)NC(CC(=O)O)c2ccc3c(c2)OCO3)ccc1NC(=O)Nc1ccccc1F. The molecule has 0 saturated heterocycles. The Labute approximate surface area is 264 Å². The number of carbonyl (C=O) groups excluding carboxylic acids is 3. The van der Waals surface area contributed by atoms with E-state index >= 15 is 0 Å². The predicted octanol–water partition coefficient (Wildman–Crippen LogP) is 4.45. The molecule has 1 aliphatic rings. The molecule has 0 aromatic heterocycles. The van der Waals surface area contributed by atoms with Crippen LogP contribution >= 0.6 is 0 Å². The van der Waals surface area contributed by atoms with Gasteiger partial charge >= 0.3 is 12.0 Å². The molecular formula is C32H35FN4O9. The monoisotopic (exact) mass is 638 g/mol. The second kappa shape index (κ2) is 15.5. The Balaban J connectivity index is 1.36. The highest BCUT2D eigenvalue weighted by Gasteiger charge is 2.27. The lowest BCUT2D eigenvalue weighted by Crippen LogP contribution is -2.49. The number of fused-ring (bicyclic) bond motifs is 1. The molecule has 3 aromatic carbocycles. The predicted molar refractivity (Wildman–Crippen MR) is 165 cm³/mol. The Hall–Kier alpha value is -5.53. The number of para-hydroxylation sites is 1. The number of halogens is 1. The molecule has 0 spiro atoms. The van der Waals surface area contributed by atoms with E-state index in [2.05, 4.69) is 21.3 Å². The van der Waals surface area contributed by atoms with E-state index < -0.39 is 54.7 Å². The van der Waals surface area contributed by atoms with Crippen molar-refractivity contribution in [1.29, 1.82) is 0 Å². The van der Waals surface area contributed by atoms with Gasteiger partial charge in [-0.3, -0.25) is 14.4 Å². The molecule has 14 heteroatoms. The van der Waals surface area contributed by atoms with Gasteiger partial charge in [0, 0.05) is 6.07 Å². The van der Waals surface area contributed by atoms with E-state index in [-0.39, 0.29) is 42.0 Å². The summed E-state index contributed by atoms with van der Waals surface area (Å²) in [5.74, 6) is -1.44. The first-order chi connectivity index (χ1) is 22.0. The van der Waals surface area contributed by atoms with Gasteiger partial charge in [0.2, 0.25) is 12.7 Å². The van der Waals surface area contributed by atoms with Gasteiger partial charge in [-0.1, -0.05) is 32.0 Å². The molecule has 0 fully saturated rings. The van der Waals surface area contributed by atoms with Crippen molar-refractivity contribution in [2.24, 2.45) is 5.92 Å². The van der Waals surface area contributed by atoms with Gasteiger partial charge in [-0.2, -0.15) is 0 Å². The highest BCUT2D eigenvalue weighted by molar-refractivity contribution is 6.00. The largest absolute Gasteiger partial charge is 0.494 e. The first-order valence-corrected chi connectivity index (χ1v) is 14.4. The molecule has 0 saturated carbocycles. The van der Waals surface area contributed by atoms with Crippen molar-refractivity contribution >= 4 is 35.2 Å². The lowest BCUT2D eigenvalue weighted by molar-refractivity contribution is -0.138. The van der Waals surface area contributed by atoms with E-state index in [1.54, 1.807) is 24.3 Å². The molecule has 5 N–H and O–H groups in total. The number of aliphatic carboxylic acids is 1. The Morgan fingerprint density at radius 1 is 0.935 bits per heavy atom. The van der Waals surface area contributed by atoms with Crippen LogP contribution in [0.25, 0.3) is 0 Å². The third kappa shape index (κ3) is 9.24. The van der Waals surface area contributed by atoms with Gasteiger partial charge in [-0.15, -0.1) is 0 Å². The number of rotatable bonds is 14. The smallest absolute Gasteiger partial charge is 0.323 e. The molecule has 4 amide bonds. The van der Waals surface area contributed by atoms with E-state index in [1.165, 1.54) is 43.5 Å². The van der Waals surface area contributed by atoms with Crippen molar-refractivity contribution in [3.63, 3.8) is 0 Å². The molecule has 0 radical (unpaired) electrons. The van der Waals surface area contributed by atoms with Gasteiger partial charge in [0.05, 0.1) is 30.9 Å². The van der Waals surface area contributed by atoms with Crippen LogP contribution in [0.5, 0.6) is 23.0 Å². The third-order valence-electron chi connectivity index (χ3n) is 6.77. The van der Waals surface area contributed by atoms with Gasteiger partial charge in [0.25, 0.3) is 5.91 Å². The van der Waals surface area contributed by atoms with Crippen molar-refractivity contribution in [2.75, 3.05) is 31.1 Å². The molecule has 1 aliphatic heterocycles. The fraction of sp³-hybridized carbons (Fsp3) is 0.312. The normalized spacial score (nSPS) is 12.9. The van der Waals surface area contributed by atoms with Gasteiger partial charge in [0.1, 0.15) is 23.4 Å². The van der Waals surface area contributed by atoms with Crippen molar-refractivity contribution in [2.45, 2.75) is 38.8 Å². The summed E-state index contributed by atoms with van der Waals surface area (Å²) in [5, 5.41) is 19.9. The number of hydrogen-bond donors (Lipinski definition) is 5. The number of methoxy groups -OCH3 is 1. The molecule has 0 aliphatic carbocycles. The second-order valence-corrected chi connectivity index (χ2v) is 10.7. The number of carboxylic acids is 1. The van der Waals surface area contributed by atoms with Gasteiger partial charge in [0.15, 0.2) is 18.1 Å². The summed E-state index contributed by atoms with van der Waals surface area (Å²) in [6.45, 7) is 3.36. The number of carbonyl (C=O) groups is 4. The van der Waals surface area contributed by atoms with Crippen LogP contribution < -0.4 is 40.2 Å². The zero-order valence-electron chi connectivity index (χ0n) is 25.4. The number of urea groups is 1. The number of benzene rings is 3. The standard InChI is InChI=1S/C32H35FN4O9/c1-18(2)12-25(31(41)35-24(15-30(39)40)19-8-11-26-28(13-19)46-17-45-26)34-29(38)16-44-20-9-10-23(27(14-20)43-3)37-32(42)36-22-7-5-4-6-21(22)33/h4-11,13-14,18,24-25H,12,15-17H2,1-3H3,(H,34,38)(H,35,41)(H,39,40)(H2,36,37,42). The van der Waals surface area contributed by atoms with Crippen LogP contribution in [0.4, 0.5) is 20.6 Å². The molecule has 2 unspecified atom stereocenters. The van der Waals surface area contributed by atoms with Crippen molar-refractivity contribution < 1.29 is 47.6 Å². The Kier molecular flexibility index (Phi) is 11.2. The molecule has 3 aromatic rings. The summed E-state index contributed by atoms with van der Waals surface area (Å²) in [6.07, 6.45) is -0.115. The fourth-order valence-corrected chi connectivity index (χ4v) is 4.62. The molecular weight excluding hydrogens is 603 g/mol. The van der Waals surface area contributed by atoms with Crippen LogP contribution in [-0.2, 0) is 14.4 Å². The van der Waals surface area contributed by atoms with Crippen LogP contribution in [0.3, 0.4) is 0 Å². The first-order valence-electron chi connectivity index (χ1n) is 14.4. The van der Waals surface area contributed by atoms with Gasteiger partial charge in [-0.05, 0) is 54.3 Å². The summed E-state index contributed by atoms with van der Waals surface area (Å²) in [6, 6.07) is 12.5. The maximum Gasteiger partial charge on any atom is 0.323 e. The molecule has 1 heterocycles. The molecule has 0 bridgehead atoms. The van der Waals surface area contributed by atoms with Crippen molar-refractivity contribution in [3.8, 4) is 23.0 Å². The van der Waals surface area contributed by atoms with Crippen molar-refractivity contribution in [3.05, 3.63) is 72.0 Å². The molecule has 2 atom stereocenters. The zero-order valence-corrected chi connectivity index (χ0v) is 25.4. The third-order valence-corrected chi connectivity index (χ3v) is 6.77. The summed E-state index contributed by atoms with van der Waals surface area (Å²) in [7, 11) is 1.38. The minimum absolute atomic E-state index is 0.000257. The van der Waals surface area contributed by atoms with E-state index in [0.29, 0.717) is 17.1 Å². The number of ether oxygens (including phenoxy) is 4. The molecule has 13 nitrogen and oxygen atoms in total. The average molecular weight is 639 g/mol. The number of amides is 4. The molecule has 46 heavy (non-hydrogen) atoms.